The highest BCUT2D eigenvalue weighted by atomic mass is 16.5. The summed E-state index contributed by atoms with van der Waals surface area (Å²) >= 11 is 0. The van der Waals surface area contributed by atoms with Crippen LogP contribution < -0.4 is 0 Å². The van der Waals surface area contributed by atoms with E-state index in [0.29, 0.717) is 52.1 Å². The van der Waals surface area contributed by atoms with Crippen molar-refractivity contribution < 1.29 is 28.1 Å². The standard InChI is InChI=1S/C23H20N4O6/c1-14-24-20(32-26-14)16-4-8-18(9-5-16)22(28)30-12-3-13-31-23(29)19-10-6-17(7-11-19)21-25-15(2)27-33-21/h4-11H,3,12-13H2,1-2H3. The molecule has 0 amide bonds. The van der Waals surface area contributed by atoms with Crippen molar-refractivity contribution in [3.05, 3.63) is 71.3 Å². The van der Waals surface area contributed by atoms with E-state index in [1.807, 2.05) is 0 Å². The molecular weight excluding hydrogens is 428 g/mol. The Morgan fingerprint density at radius 1 is 0.697 bits per heavy atom. The second-order valence-electron chi connectivity index (χ2n) is 7.07. The lowest BCUT2D eigenvalue weighted by Gasteiger charge is -2.07. The van der Waals surface area contributed by atoms with Crippen molar-refractivity contribution in [3.8, 4) is 22.9 Å². The third kappa shape index (κ3) is 5.48. The second kappa shape index (κ2) is 9.86. The Kier molecular flexibility index (Phi) is 6.53. The van der Waals surface area contributed by atoms with Crippen molar-refractivity contribution in [1.29, 1.82) is 0 Å². The van der Waals surface area contributed by atoms with Crippen molar-refractivity contribution in [3.63, 3.8) is 0 Å². The summed E-state index contributed by atoms with van der Waals surface area (Å²) in [6.45, 7) is 3.69. The molecule has 0 bridgehead atoms. The SMILES string of the molecule is Cc1noc(-c2ccc(C(=O)OCCCOC(=O)c3ccc(-c4nc(C)no4)cc3)cc2)n1. The number of esters is 2. The monoisotopic (exact) mass is 448 g/mol. The molecule has 2 aromatic heterocycles. The smallest absolute Gasteiger partial charge is 0.338 e. The Labute approximate surface area is 188 Å². The van der Waals surface area contributed by atoms with Crippen LogP contribution in [0, 0.1) is 13.8 Å². The molecule has 0 radical (unpaired) electrons. The molecule has 0 saturated carbocycles. The van der Waals surface area contributed by atoms with Gasteiger partial charge in [0.2, 0.25) is 0 Å². The van der Waals surface area contributed by atoms with Crippen molar-refractivity contribution in [2.24, 2.45) is 0 Å². The molecule has 33 heavy (non-hydrogen) atoms. The van der Waals surface area contributed by atoms with Crippen molar-refractivity contribution in [1.82, 2.24) is 20.3 Å². The average Bonchev–Trinajstić information content (AvgIpc) is 3.47. The van der Waals surface area contributed by atoms with E-state index in [9.17, 15) is 9.59 Å². The van der Waals surface area contributed by atoms with Crippen LogP contribution in [-0.2, 0) is 9.47 Å². The summed E-state index contributed by atoms with van der Waals surface area (Å²) < 4.78 is 20.6. The first-order valence-corrected chi connectivity index (χ1v) is 10.2. The first-order valence-electron chi connectivity index (χ1n) is 10.2. The van der Waals surface area contributed by atoms with Gasteiger partial charge in [-0.15, -0.1) is 0 Å². The van der Waals surface area contributed by atoms with Crippen LogP contribution in [0.5, 0.6) is 0 Å². The fourth-order valence-electron chi connectivity index (χ4n) is 2.88. The van der Waals surface area contributed by atoms with Crippen LogP contribution in [0.25, 0.3) is 22.9 Å². The van der Waals surface area contributed by atoms with Crippen LogP contribution in [0.3, 0.4) is 0 Å². The summed E-state index contributed by atoms with van der Waals surface area (Å²) in [5.74, 6) is 0.889. The van der Waals surface area contributed by atoms with E-state index in [2.05, 4.69) is 20.3 Å². The number of aryl methyl sites for hydroxylation is 2. The highest BCUT2D eigenvalue weighted by Gasteiger charge is 2.12. The summed E-state index contributed by atoms with van der Waals surface area (Å²) in [6, 6.07) is 13.3. The molecule has 0 aliphatic heterocycles. The third-order valence-electron chi connectivity index (χ3n) is 4.55. The van der Waals surface area contributed by atoms with Gasteiger partial charge in [-0.05, 0) is 62.4 Å². The summed E-state index contributed by atoms with van der Waals surface area (Å²) in [7, 11) is 0. The Morgan fingerprint density at radius 3 is 1.42 bits per heavy atom. The number of hydrogen-bond acceptors (Lipinski definition) is 10. The molecule has 0 atom stereocenters. The Balaban J connectivity index is 1.19. The van der Waals surface area contributed by atoms with Crippen LogP contribution in [-0.4, -0.2) is 45.4 Å². The third-order valence-corrected chi connectivity index (χ3v) is 4.55. The number of carbonyl (C=O) groups is 2. The van der Waals surface area contributed by atoms with Gasteiger partial charge in [0.1, 0.15) is 0 Å². The number of ether oxygens (including phenoxy) is 2. The topological polar surface area (TPSA) is 130 Å². The molecule has 4 rings (SSSR count). The lowest BCUT2D eigenvalue weighted by molar-refractivity contribution is 0.0396. The molecule has 2 aromatic carbocycles. The summed E-state index contributed by atoms with van der Waals surface area (Å²) in [5.41, 5.74) is 2.20. The Hall–Kier alpha value is -4.34. The maximum atomic E-state index is 12.2. The largest absolute Gasteiger partial charge is 0.462 e. The van der Waals surface area contributed by atoms with E-state index >= 15 is 0 Å². The number of hydrogen-bond donors (Lipinski definition) is 0. The lowest BCUT2D eigenvalue weighted by Crippen LogP contribution is -2.11. The van der Waals surface area contributed by atoms with E-state index in [1.165, 1.54) is 0 Å². The molecule has 2 heterocycles. The quantitative estimate of drug-likeness (QED) is 0.290. The number of benzene rings is 2. The molecule has 10 heteroatoms. The zero-order valence-corrected chi connectivity index (χ0v) is 18.0. The van der Waals surface area contributed by atoms with Crippen LogP contribution in [0.2, 0.25) is 0 Å². The fourth-order valence-corrected chi connectivity index (χ4v) is 2.88. The average molecular weight is 448 g/mol. The van der Waals surface area contributed by atoms with Crippen molar-refractivity contribution in [2.75, 3.05) is 13.2 Å². The molecule has 0 spiro atoms. The minimum absolute atomic E-state index is 0.117. The summed E-state index contributed by atoms with van der Waals surface area (Å²) in [5, 5.41) is 7.47. The van der Waals surface area contributed by atoms with Gasteiger partial charge in [0.05, 0.1) is 24.3 Å². The van der Waals surface area contributed by atoms with Gasteiger partial charge in [0.25, 0.3) is 11.8 Å². The molecule has 10 nitrogen and oxygen atoms in total. The minimum Gasteiger partial charge on any atom is -0.462 e. The van der Waals surface area contributed by atoms with Crippen LogP contribution >= 0.6 is 0 Å². The molecule has 0 saturated heterocycles. The Morgan fingerprint density at radius 2 is 1.09 bits per heavy atom. The van der Waals surface area contributed by atoms with E-state index in [4.69, 9.17) is 18.5 Å². The summed E-state index contributed by atoms with van der Waals surface area (Å²) in [6.07, 6.45) is 0.371. The number of carbonyl (C=O) groups excluding carboxylic acids is 2. The van der Waals surface area contributed by atoms with E-state index in [1.54, 1.807) is 62.4 Å². The van der Waals surface area contributed by atoms with Crippen LogP contribution in [0.4, 0.5) is 0 Å². The van der Waals surface area contributed by atoms with Crippen molar-refractivity contribution >= 4 is 11.9 Å². The maximum Gasteiger partial charge on any atom is 0.338 e. The highest BCUT2D eigenvalue weighted by Crippen LogP contribution is 2.19. The van der Waals surface area contributed by atoms with Gasteiger partial charge in [-0.1, -0.05) is 10.3 Å². The Bertz CT molecular complexity index is 1150. The fraction of sp³-hybridized carbons (Fsp3) is 0.217. The van der Waals surface area contributed by atoms with Gasteiger partial charge in [0, 0.05) is 17.5 Å². The molecule has 0 aliphatic rings. The first kappa shape index (κ1) is 21.9. The highest BCUT2D eigenvalue weighted by molar-refractivity contribution is 5.90. The van der Waals surface area contributed by atoms with Crippen LogP contribution in [0.1, 0.15) is 38.8 Å². The second-order valence-corrected chi connectivity index (χ2v) is 7.07. The molecule has 0 aliphatic carbocycles. The summed E-state index contributed by atoms with van der Waals surface area (Å²) in [4.78, 5) is 32.6. The van der Waals surface area contributed by atoms with Gasteiger partial charge in [0.15, 0.2) is 11.6 Å². The number of aromatic nitrogens is 4. The zero-order valence-electron chi connectivity index (χ0n) is 18.0. The van der Waals surface area contributed by atoms with Gasteiger partial charge in [-0.25, -0.2) is 9.59 Å². The predicted octanol–water partition coefficient (Wildman–Crippen LogP) is 3.81. The molecule has 0 N–H and O–H groups in total. The van der Waals surface area contributed by atoms with E-state index in [0.717, 1.165) is 0 Å². The van der Waals surface area contributed by atoms with Gasteiger partial charge < -0.3 is 18.5 Å². The van der Waals surface area contributed by atoms with Crippen LogP contribution in [0.15, 0.2) is 57.6 Å². The number of nitrogens with zero attached hydrogens (tertiary/aromatic N) is 4. The van der Waals surface area contributed by atoms with E-state index in [-0.39, 0.29) is 13.2 Å². The molecule has 168 valence electrons. The molecular formula is C23H20N4O6. The molecule has 0 fully saturated rings. The first-order chi connectivity index (χ1) is 16.0. The lowest BCUT2D eigenvalue weighted by atomic mass is 10.1. The predicted molar refractivity (Wildman–Crippen MR) is 114 cm³/mol. The van der Waals surface area contributed by atoms with Crippen molar-refractivity contribution in [2.45, 2.75) is 20.3 Å². The normalized spacial score (nSPS) is 10.7. The van der Waals surface area contributed by atoms with Gasteiger partial charge in [-0.2, -0.15) is 9.97 Å². The number of rotatable bonds is 8. The molecule has 4 aromatic rings. The molecule has 0 unspecified atom stereocenters. The maximum absolute atomic E-state index is 12.2. The van der Waals surface area contributed by atoms with Gasteiger partial charge >= 0.3 is 11.9 Å². The van der Waals surface area contributed by atoms with E-state index < -0.39 is 11.9 Å². The zero-order chi connectivity index (χ0) is 23.2. The van der Waals surface area contributed by atoms with Gasteiger partial charge in [-0.3, -0.25) is 0 Å². The minimum atomic E-state index is -0.471.